The lowest BCUT2D eigenvalue weighted by molar-refractivity contribution is -0.277. The molecule has 0 bridgehead atoms. The Bertz CT molecular complexity index is 765. The number of pyridine rings is 1. The minimum absolute atomic E-state index is 0.449. The van der Waals surface area contributed by atoms with Crippen molar-refractivity contribution in [1.29, 1.82) is 0 Å². The van der Waals surface area contributed by atoms with Crippen LogP contribution in [0.15, 0.2) is 36.5 Å². The van der Waals surface area contributed by atoms with Gasteiger partial charge in [-0.1, -0.05) is 6.07 Å². The SMILES string of the molecule is COc1ccc(-c2ccc(O[C@H]3O[C@H](CO)[C@@H](O)[C@H](O)[C@@H]3O)c(C)c2)cn1. The van der Waals surface area contributed by atoms with Crippen molar-refractivity contribution in [3.63, 3.8) is 0 Å². The Labute approximate surface area is 156 Å². The summed E-state index contributed by atoms with van der Waals surface area (Å²) in [6, 6.07) is 9.09. The molecule has 3 rings (SSSR count). The Morgan fingerprint density at radius 2 is 1.78 bits per heavy atom. The van der Waals surface area contributed by atoms with Crippen LogP contribution in [-0.4, -0.2) is 69.8 Å². The van der Waals surface area contributed by atoms with Crippen molar-refractivity contribution < 1.29 is 34.6 Å². The highest BCUT2D eigenvalue weighted by Gasteiger charge is 2.44. The molecule has 4 N–H and O–H groups in total. The lowest BCUT2D eigenvalue weighted by Crippen LogP contribution is -2.60. The molecule has 0 aliphatic carbocycles. The fraction of sp³-hybridized carbons (Fsp3) is 0.421. The number of aliphatic hydroxyl groups is 4. The molecule has 8 heteroatoms. The average molecular weight is 377 g/mol. The van der Waals surface area contributed by atoms with E-state index in [2.05, 4.69) is 4.98 Å². The summed E-state index contributed by atoms with van der Waals surface area (Å²) in [5.41, 5.74) is 2.60. The van der Waals surface area contributed by atoms with Crippen molar-refractivity contribution in [2.45, 2.75) is 37.6 Å². The normalized spacial score (nSPS) is 28.0. The van der Waals surface area contributed by atoms with Gasteiger partial charge < -0.3 is 34.6 Å². The van der Waals surface area contributed by atoms with E-state index in [1.165, 1.54) is 0 Å². The summed E-state index contributed by atoms with van der Waals surface area (Å²) in [4.78, 5) is 4.18. The molecule has 1 saturated heterocycles. The third-order valence-corrected chi connectivity index (χ3v) is 4.55. The van der Waals surface area contributed by atoms with Crippen molar-refractivity contribution >= 4 is 0 Å². The lowest BCUT2D eigenvalue weighted by atomic mass is 9.99. The van der Waals surface area contributed by atoms with E-state index in [0.717, 1.165) is 16.7 Å². The minimum atomic E-state index is -1.48. The number of hydrogen-bond acceptors (Lipinski definition) is 8. The second-order valence-electron chi connectivity index (χ2n) is 6.38. The monoisotopic (exact) mass is 377 g/mol. The predicted molar refractivity (Wildman–Crippen MR) is 95.4 cm³/mol. The molecule has 0 unspecified atom stereocenters. The first-order chi connectivity index (χ1) is 12.9. The van der Waals surface area contributed by atoms with Gasteiger partial charge >= 0.3 is 0 Å². The molecule has 0 spiro atoms. The van der Waals surface area contributed by atoms with E-state index in [1.54, 1.807) is 25.4 Å². The maximum Gasteiger partial charge on any atom is 0.229 e. The molecule has 0 saturated carbocycles. The summed E-state index contributed by atoms with van der Waals surface area (Å²) >= 11 is 0. The molecule has 5 atom stereocenters. The molecule has 146 valence electrons. The van der Waals surface area contributed by atoms with Crippen molar-refractivity contribution in [1.82, 2.24) is 4.98 Å². The molecule has 0 radical (unpaired) electrons. The Hall–Kier alpha value is -2.23. The van der Waals surface area contributed by atoms with Crippen molar-refractivity contribution in [2.24, 2.45) is 0 Å². The molecular weight excluding hydrogens is 354 g/mol. The van der Waals surface area contributed by atoms with Crippen LogP contribution in [0.4, 0.5) is 0 Å². The van der Waals surface area contributed by atoms with Crippen LogP contribution in [-0.2, 0) is 4.74 Å². The molecule has 1 aliphatic rings. The zero-order valence-electron chi connectivity index (χ0n) is 15.0. The Balaban J connectivity index is 1.77. The molecule has 0 amide bonds. The smallest absolute Gasteiger partial charge is 0.229 e. The van der Waals surface area contributed by atoms with Gasteiger partial charge in [-0.2, -0.15) is 0 Å². The van der Waals surface area contributed by atoms with Gasteiger partial charge in [0.1, 0.15) is 30.2 Å². The van der Waals surface area contributed by atoms with E-state index in [0.29, 0.717) is 11.6 Å². The van der Waals surface area contributed by atoms with Crippen LogP contribution in [0.25, 0.3) is 11.1 Å². The third-order valence-electron chi connectivity index (χ3n) is 4.55. The molecule has 1 aromatic carbocycles. The number of methoxy groups -OCH3 is 1. The van der Waals surface area contributed by atoms with Gasteiger partial charge in [0.05, 0.1) is 13.7 Å². The molecule has 1 fully saturated rings. The van der Waals surface area contributed by atoms with Crippen molar-refractivity contribution in [2.75, 3.05) is 13.7 Å². The van der Waals surface area contributed by atoms with E-state index in [4.69, 9.17) is 14.2 Å². The highest BCUT2D eigenvalue weighted by Crippen LogP contribution is 2.30. The number of aromatic nitrogens is 1. The van der Waals surface area contributed by atoms with Crippen LogP contribution >= 0.6 is 0 Å². The number of benzene rings is 1. The van der Waals surface area contributed by atoms with Crippen molar-refractivity contribution in [3.05, 3.63) is 42.1 Å². The molecular formula is C19H23NO7. The van der Waals surface area contributed by atoms with Crippen LogP contribution < -0.4 is 9.47 Å². The van der Waals surface area contributed by atoms with Crippen LogP contribution in [0.2, 0.25) is 0 Å². The van der Waals surface area contributed by atoms with Crippen molar-refractivity contribution in [3.8, 4) is 22.8 Å². The summed E-state index contributed by atoms with van der Waals surface area (Å²) in [7, 11) is 1.55. The largest absolute Gasteiger partial charge is 0.481 e. The minimum Gasteiger partial charge on any atom is -0.481 e. The van der Waals surface area contributed by atoms with Gasteiger partial charge in [0, 0.05) is 17.8 Å². The topological polar surface area (TPSA) is 122 Å². The zero-order valence-corrected chi connectivity index (χ0v) is 15.0. The summed E-state index contributed by atoms with van der Waals surface area (Å²) < 4.78 is 16.1. The molecule has 8 nitrogen and oxygen atoms in total. The number of aliphatic hydroxyl groups excluding tert-OH is 4. The third kappa shape index (κ3) is 4.05. The van der Waals surface area contributed by atoms with Gasteiger partial charge in [-0.05, 0) is 36.2 Å². The van der Waals surface area contributed by atoms with Crippen LogP contribution in [0.1, 0.15) is 5.56 Å². The number of ether oxygens (including phenoxy) is 3. The quantitative estimate of drug-likeness (QED) is 0.585. The highest BCUT2D eigenvalue weighted by molar-refractivity contribution is 5.65. The van der Waals surface area contributed by atoms with E-state index in [1.807, 2.05) is 25.1 Å². The summed E-state index contributed by atoms with van der Waals surface area (Å²) in [5, 5.41) is 39.0. The highest BCUT2D eigenvalue weighted by atomic mass is 16.7. The number of hydrogen-bond donors (Lipinski definition) is 4. The first-order valence-electron chi connectivity index (χ1n) is 8.53. The summed E-state index contributed by atoms with van der Waals surface area (Å²) in [6.07, 6.45) is -4.88. The lowest BCUT2D eigenvalue weighted by Gasteiger charge is -2.39. The van der Waals surface area contributed by atoms with Crippen LogP contribution in [0, 0.1) is 6.92 Å². The van der Waals surface area contributed by atoms with E-state index in [-0.39, 0.29) is 0 Å². The maximum absolute atomic E-state index is 10.1. The second kappa shape index (κ2) is 8.20. The molecule has 1 aliphatic heterocycles. The van der Waals surface area contributed by atoms with Gasteiger partial charge in [0.25, 0.3) is 0 Å². The fourth-order valence-corrected chi connectivity index (χ4v) is 2.92. The number of nitrogens with zero attached hydrogens (tertiary/aromatic N) is 1. The molecule has 1 aromatic heterocycles. The van der Waals surface area contributed by atoms with Gasteiger partial charge in [0.2, 0.25) is 12.2 Å². The Kier molecular flexibility index (Phi) is 5.93. The first kappa shape index (κ1) is 19.5. The van der Waals surface area contributed by atoms with Crippen LogP contribution in [0.3, 0.4) is 0 Å². The summed E-state index contributed by atoms with van der Waals surface area (Å²) in [5.74, 6) is 0.975. The van der Waals surface area contributed by atoms with Crippen LogP contribution in [0.5, 0.6) is 11.6 Å². The fourth-order valence-electron chi connectivity index (χ4n) is 2.92. The summed E-state index contributed by atoms with van der Waals surface area (Å²) in [6.45, 7) is 1.33. The van der Waals surface area contributed by atoms with Gasteiger partial charge in [0.15, 0.2) is 0 Å². The van der Waals surface area contributed by atoms with Gasteiger partial charge in [-0.15, -0.1) is 0 Å². The zero-order chi connectivity index (χ0) is 19.6. The van der Waals surface area contributed by atoms with Gasteiger partial charge in [-0.3, -0.25) is 0 Å². The molecule has 27 heavy (non-hydrogen) atoms. The Morgan fingerprint density at radius 1 is 1.04 bits per heavy atom. The van der Waals surface area contributed by atoms with E-state index < -0.39 is 37.3 Å². The standard InChI is InChI=1S/C19H23NO7/c1-10-7-11(12-4-6-15(25-2)20-8-12)3-5-13(10)26-19-18(24)17(23)16(22)14(9-21)27-19/h3-8,14,16-19,21-24H,9H2,1-2H3/t14-,16-,17+,18+,19+/m1/s1. The van der Waals surface area contributed by atoms with Gasteiger partial charge in [-0.25, -0.2) is 4.98 Å². The Morgan fingerprint density at radius 3 is 2.37 bits per heavy atom. The molecule has 2 heterocycles. The average Bonchev–Trinajstić information content (AvgIpc) is 2.69. The predicted octanol–water partition coefficient (Wildman–Crippen LogP) is 0.244. The van der Waals surface area contributed by atoms with E-state index in [9.17, 15) is 20.4 Å². The number of aryl methyl sites for hydroxylation is 1. The second-order valence-corrected chi connectivity index (χ2v) is 6.38. The maximum atomic E-state index is 10.1. The van der Waals surface area contributed by atoms with E-state index >= 15 is 0 Å². The number of rotatable bonds is 5. The first-order valence-corrected chi connectivity index (χ1v) is 8.53. The molecule has 2 aromatic rings.